The lowest BCUT2D eigenvalue weighted by Gasteiger charge is -2.14. The van der Waals surface area contributed by atoms with Crippen molar-refractivity contribution >= 4 is 33.1 Å². The Bertz CT molecular complexity index is 911. The van der Waals surface area contributed by atoms with Gasteiger partial charge in [0.15, 0.2) is 0 Å². The number of rotatable bonds is 3. The third-order valence-electron chi connectivity index (χ3n) is 4.82. The summed E-state index contributed by atoms with van der Waals surface area (Å²) in [6, 6.07) is 6.52. The lowest BCUT2D eigenvalue weighted by Crippen LogP contribution is -2.04. The molecule has 2 heterocycles. The summed E-state index contributed by atoms with van der Waals surface area (Å²) in [5.74, 6) is 1.92. The first-order valence-electron chi connectivity index (χ1n) is 8.81. The van der Waals surface area contributed by atoms with Crippen LogP contribution in [0.2, 0.25) is 0 Å². The molecule has 1 aromatic carbocycles. The zero-order valence-corrected chi connectivity index (χ0v) is 15.4. The minimum Gasteiger partial charge on any atom is -0.339 e. The van der Waals surface area contributed by atoms with Gasteiger partial charge in [-0.3, -0.25) is 0 Å². The second kappa shape index (κ2) is 6.17. The van der Waals surface area contributed by atoms with Gasteiger partial charge in [-0.15, -0.1) is 11.3 Å². The van der Waals surface area contributed by atoms with E-state index in [0.29, 0.717) is 0 Å². The van der Waals surface area contributed by atoms with Gasteiger partial charge in [0.1, 0.15) is 16.5 Å². The average molecular weight is 337 g/mol. The highest BCUT2D eigenvalue weighted by molar-refractivity contribution is 7.19. The number of hydrogen-bond donors (Lipinski definition) is 1. The summed E-state index contributed by atoms with van der Waals surface area (Å²) in [6.07, 6.45) is 5.79. The number of nitrogens with one attached hydrogen (secondary N) is 1. The van der Waals surface area contributed by atoms with Gasteiger partial charge in [-0.2, -0.15) is 0 Å². The lowest BCUT2D eigenvalue weighted by atomic mass is 9.97. The molecular weight excluding hydrogens is 314 g/mol. The number of thiophene rings is 1. The number of aryl methyl sites for hydroxylation is 5. The normalized spacial score (nSPS) is 14.0. The molecule has 3 aromatic rings. The largest absolute Gasteiger partial charge is 0.339 e. The van der Waals surface area contributed by atoms with Crippen LogP contribution in [0.3, 0.4) is 0 Å². The van der Waals surface area contributed by atoms with Crippen LogP contribution < -0.4 is 5.32 Å². The first-order valence-corrected chi connectivity index (χ1v) is 9.62. The Labute approximate surface area is 147 Å². The Kier molecular flexibility index (Phi) is 4.01. The highest BCUT2D eigenvalue weighted by Crippen LogP contribution is 2.39. The molecule has 24 heavy (non-hydrogen) atoms. The zero-order valence-electron chi connectivity index (χ0n) is 14.6. The van der Waals surface area contributed by atoms with Crippen LogP contribution in [0.4, 0.5) is 11.5 Å². The van der Waals surface area contributed by atoms with E-state index in [1.54, 1.807) is 0 Å². The number of fused-ring (bicyclic) bond motifs is 3. The van der Waals surface area contributed by atoms with Gasteiger partial charge in [-0.1, -0.05) is 19.1 Å². The molecule has 0 saturated heterocycles. The second-order valence-electron chi connectivity index (χ2n) is 6.68. The van der Waals surface area contributed by atoms with E-state index in [0.717, 1.165) is 35.0 Å². The number of benzene rings is 1. The van der Waals surface area contributed by atoms with Crippen LogP contribution in [0.1, 0.15) is 47.2 Å². The van der Waals surface area contributed by atoms with Crippen LogP contribution in [0.15, 0.2) is 18.2 Å². The van der Waals surface area contributed by atoms with Gasteiger partial charge in [0, 0.05) is 17.0 Å². The highest BCUT2D eigenvalue weighted by Gasteiger charge is 2.21. The molecule has 1 aliphatic carbocycles. The van der Waals surface area contributed by atoms with Crippen LogP contribution in [0.25, 0.3) is 10.2 Å². The average Bonchev–Trinajstić information content (AvgIpc) is 2.96. The molecule has 3 nitrogen and oxygen atoms in total. The molecule has 0 atom stereocenters. The number of nitrogens with zero attached hydrogens (tertiary/aromatic N) is 2. The van der Waals surface area contributed by atoms with E-state index in [2.05, 4.69) is 44.3 Å². The molecule has 4 heteroatoms. The van der Waals surface area contributed by atoms with Crippen molar-refractivity contribution in [1.29, 1.82) is 0 Å². The highest BCUT2D eigenvalue weighted by atomic mass is 32.1. The summed E-state index contributed by atoms with van der Waals surface area (Å²) in [7, 11) is 0. The molecule has 0 radical (unpaired) electrons. The van der Waals surface area contributed by atoms with Gasteiger partial charge in [0.2, 0.25) is 0 Å². The molecule has 2 aromatic heterocycles. The van der Waals surface area contributed by atoms with E-state index < -0.39 is 0 Å². The molecule has 0 spiro atoms. The number of hydrogen-bond acceptors (Lipinski definition) is 4. The summed E-state index contributed by atoms with van der Waals surface area (Å²) in [4.78, 5) is 12.3. The van der Waals surface area contributed by atoms with Crippen molar-refractivity contribution in [3.63, 3.8) is 0 Å². The third-order valence-corrected chi connectivity index (χ3v) is 6.01. The maximum absolute atomic E-state index is 4.85. The topological polar surface area (TPSA) is 37.8 Å². The Hall–Kier alpha value is -1.94. The molecule has 0 saturated carbocycles. The van der Waals surface area contributed by atoms with Crippen molar-refractivity contribution in [3.05, 3.63) is 45.6 Å². The standard InChI is InChI=1S/C20H23N3S/c1-4-17-22-19(21-15-11-12(2)9-10-13(15)3)18-14-7-5-6-8-16(14)24-20(18)23-17/h9-11H,4-8H2,1-3H3,(H,21,22,23). The van der Waals surface area contributed by atoms with Gasteiger partial charge >= 0.3 is 0 Å². The van der Waals surface area contributed by atoms with Crippen LogP contribution >= 0.6 is 11.3 Å². The van der Waals surface area contributed by atoms with Crippen molar-refractivity contribution in [1.82, 2.24) is 9.97 Å². The monoisotopic (exact) mass is 337 g/mol. The Balaban J connectivity index is 1.89. The van der Waals surface area contributed by atoms with Crippen LogP contribution in [-0.4, -0.2) is 9.97 Å². The van der Waals surface area contributed by atoms with E-state index in [1.165, 1.54) is 46.2 Å². The first-order chi connectivity index (χ1) is 11.7. The predicted octanol–water partition coefficient (Wildman–Crippen LogP) is 5.49. The molecule has 0 aliphatic heterocycles. The molecule has 4 rings (SSSR count). The van der Waals surface area contributed by atoms with Gasteiger partial charge in [0.25, 0.3) is 0 Å². The quantitative estimate of drug-likeness (QED) is 0.686. The zero-order chi connectivity index (χ0) is 16.7. The van der Waals surface area contributed by atoms with E-state index in [1.807, 2.05) is 11.3 Å². The smallest absolute Gasteiger partial charge is 0.143 e. The van der Waals surface area contributed by atoms with Crippen molar-refractivity contribution < 1.29 is 0 Å². The Morgan fingerprint density at radius 2 is 1.96 bits per heavy atom. The maximum Gasteiger partial charge on any atom is 0.143 e. The van der Waals surface area contributed by atoms with Gasteiger partial charge < -0.3 is 5.32 Å². The minimum absolute atomic E-state index is 0.861. The Morgan fingerprint density at radius 3 is 2.79 bits per heavy atom. The molecule has 1 aliphatic rings. The molecule has 1 N–H and O–H groups in total. The van der Waals surface area contributed by atoms with Crippen molar-refractivity contribution in [2.75, 3.05) is 5.32 Å². The molecular formula is C20H23N3S. The molecule has 0 bridgehead atoms. The summed E-state index contributed by atoms with van der Waals surface area (Å²) in [6.45, 7) is 6.39. The van der Waals surface area contributed by atoms with E-state index in [9.17, 15) is 0 Å². The number of aromatic nitrogens is 2. The summed E-state index contributed by atoms with van der Waals surface area (Å²) in [5, 5.41) is 4.88. The fourth-order valence-corrected chi connectivity index (χ4v) is 4.73. The van der Waals surface area contributed by atoms with Crippen molar-refractivity contribution in [3.8, 4) is 0 Å². The first kappa shape index (κ1) is 15.6. The maximum atomic E-state index is 4.85. The fraction of sp³-hybridized carbons (Fsp3) is 0.400. The molecule has 124 valence electrons. The summed E-state index contributed by atoms with van der Waals surface area (Å²) >= 11 is 1.87. The predicted molar refractivity (Wildman–Crippen MR) is 103 cm³/mol. The van der Waals surface area contributed by atoms with E-state index >= 15 is 0 Å². The van der Waals surface area contributed by atoms with Crippen LogP contribution in [-0.2, 0) is 19.3 Å². The van der Waals surface area contributed by atoms with E-state index in [4.69, 9.17) is 9.97 Å². The van der Waals surface area contributed by atoms with Gasteiger partial charge in [0.05, 0.1) is 5.39 Å². The van der Waals surface area contributed by atoms with Crippen molar-refractivity contribution in [2.45, 2.75) is 52.9 Å². The van der Waals surface area contributed by atoms with E-state index in [-0.39, 0.29) is 0 Å². The summed E-state index contributed by atoms with van der Waals surface area (Å²) in [5.41, 5.74) is 5.13. The lowest BCUT2D eigenvalue weighted by molar-refractivity contribution is 0.700. The Morgan fingerprint density at radius 1 is 1.12 bits per heavy atom. The number of anilines is 2. The van der Waals surface area contributed by atoms with Gasteiger partial charge in [-0.25, -0.2) is 9.97 Å². The molecule has 0 amide bonds. The molecule has 0 fully saturated rings. The molecule has 0 unspecified atom stereocenters. The summed E-state index contributed by atoms with van der Waals surface area (Å²) < 4.78 is 0. The third kappa shape index (κ3) is 2.69. The van der Waals surface area contributed by atoms with Crippen LogP contribution in [0.5, 0.6) is 0 Å². The SMILES string of the molecule is CCc1nc(Nc2cc(C)ccc2C)c2c3c(sc2n1)CCCC3. The second-order valence-corrected chi connectivity index (χ2v) is 7.76. The van der Waals surface area contributed by atoms with Crippen LogP contribution in [0, 0.1) is 13.8 Å². The van der Waals surface area contributed by atoms with Crippen molar-refractivity contribution in [2.24, 2.45) is 0 Å². The minimum atomic E-state index is 0.861. The van der Waals surface area contributed by atoms with Gasteiger partial charge in [-0.05, 0) is 62.3 Å². The fourth-order valence-electron chi connectivity index (χ4n) is 3.45.